The summed E-state index contributed by atoms with van der Waals surface area (Å²) >= 11 is 0. The zero-order valence-electron chi connectivity index (χ0n) is 10.7. The van der Waals surface area contributed by atoms with Crippen molar-refractivity contribution in [3.8, 4) is 0 Å². The topological polar surface area (TPSA) is 57.5 Å². The molecule has 2 N–H and O–H groups in total. The van der Waals surface area contributed by atoms with Gasteiger partial charge in [0.15, 0.2) is 0 Å². The van der Waals surface area contributed by atoms with Crippen LogP contribution in [0.25, 0.3) is 0 Å². The Kier molecular flexibility index (Phi) is 7.45. The van der Waals surface area contributed by atoms with Crippen molar-refractivity contribution in [3.63, 3.8) is 0 Å². The Bertz CT molecular complexity index is 206. The van der Waals surface area contributed by atoms with Gasteiger partial charge in [0, 0.05) is 5.92 Å². The summed E-state index contributed by atoms with van der Waals surface area (Å²) < 4.78 is 0. The molecule has 3 atom stereocenters. The maximum absolute atomic E-state index is 10.9. The highest BCUT2D eigenvalue weighted by Crippen LogP contribution is 2.20. The van der Waals surface area contributed by atoms with Gasteiger partial charge in [0.25, 0.3) is 0 Å². The number of hydrogen-bond donors (Lipinski definition) is 2. The van der Waals surface area contributed by atoms with Crippen molar-refractivity contribution in [3.05, 3.63) is 0 Å². The van der Waals surface area contributed by atoms with E-state index in [1.54, 1.807) is 0 Å². The molecule has 3 nitrogen and oxygen atoms in total. The van der Waals surface area contributed by atoms with Crippen LogP contribution < -0.4 is 0 Å². The van der Waals surface area contributed by atoms with E-state index < -0.39 is 12.2 Å². The van der Waals surface area contributed by atoms with Crippen LogP contribution in [0.15, 0.2) is 0 Å². The standard InChI is InChI=1S/C14H26O3/c15-11-12-7-5-3-1-2-4-6-8-13(16)10-14(17)9-12/h11-14,16-17H,1-10H2. The highest BCUT2D eigenvalue weighted by atomic mass is 16.3. The summed E-state index contributed by atoms with van der Waals surface area (Å²) in [7, 11) is 0. The maximum atomic E-state index is 10.9. The van der Waals surface area contributed by atoms with Gasteiger partial charge in [-0.15, -0.1) is 0 Å². The van der Waals surface area contributed by atoms with Crippen LogP contribution in [0.1, 0.15) is 64.2 Å². The van der Waals surface area contributed by atoms with Crippen LogP contribution in [0.3, 0.4) is 0 Å². The second-order valence-corrected chi connectivity index (χ2v) is 5.37. The first-order chi connectivity index (χ1) is 8.22. The molecule has 0 aromatic carbocycles. The molecule has 0 radical (unpaired) electrons. The predicted molar refractivity (Wildman–Crippen MR) is 67.7 cm³/mol. The monoisotopic (exact) mass is 242 g/mol. The zero-order chi connectivity index (χ0) is 12.5. The average molecular weight is 242 g/mol. The lowest BCUT2D eigenvalue weighted by Gasteiger charge is -2.18. The normalized spacial score (nSPS) is 34.1. The maximum Gasteiger partial charge on any atom is 0.123 e. The van der Waals surface area contributed by atoms with Crippen LogP contribution in [0.5, 0.6) is 0 Å². The Morgan fingerprint density at radius 2 is 1.35 bits per heavy atom. The first kappa shape index (κ1) is 14.7. The highest BCUT2D eigenvalue weighted by molar-refractivity contribution is 5.53. The third-order valence-corrected chi connectivity index (χ3v) is 3.67. The van der Waals surface area contributed by atoms with Crippen molar-refractivity contribution < 1.29 is 15.0 Å². The predicted octanol–water partition coefficient (Wildman–Crippen LogP) is 2.44. The third kappa shape index (κ3) is 6.79. The van der Waals surface area contributed by atoms with E-state index in [0.29, 0.717) is 12.8 Å². The summed E-state index contributed by atoms with van der Waals surface area (Å²) in [5, 5.41) is 19.6. The number of aldehydes is 1. The Hall–Kier alpha value is -0.410. The Labute approximate surface area is 104 Å². The van der Waals surface area contributed by atoms with E-state index in [2.05, 4.69) is 0 Å². The van der Waals surface area contributed by atoms with Crippen molar-refractivity contribution in [2.24, 2.45) is 5.92 Å². The summed E-state index contributed by atoms with van der Waals surface area (Å²) in [4.78, 5) is 10.9. The fourth-order valence-electron chi connectivity index (χ4n) is 2.61. The van der Waals surface area contributed by atoms with Gasteiger partial charge in [0.2, 0.25) is 0 Å². The highest BCUT2D eigenvalue weighted by Gasteiger charge is 2.17. The molecule has 0 bridgehead atoms. The van der Waals surface area contributed by atoms with Gasteiger partial charge in [0.1, 0.15) is 6.29 Å². The molecule has 0 aliphatic heterocycles. The van der Waals surface area contributed by atoms with Gasteiger partial charge in [-0.2, -0.15) is 0 Å². The summed E-state index contributed by atoms with van der Waals surface area (Å²) in [5.41, 5.74) is 0. The van der Waals surface area contributed by atoms with Crippen LogP contribution >= 0.6 is 0 Å². The van der Waals surface area contributed by atoms with Crippen LogP contribution in [0.4, 0.5) is 0 Å². The van der Waals surface area contributed by atoms with E-state index in [0.717, 1.165) is 32.0 Å². The summed E-state index contributed by atoms with van der Waals surface area (Å²) in [6.07, 6.45) is 9.57. The van der Waals surface area contributed by atoms with Gasteiger partial charge in [0.05, 0.1) is 12.2 Å². The van der Waals surface area contributed by atoms with Gasteiger partial charge in [-0.25, -0.2) is 0 Å². The van der Waals surface area contributed by atoms with Crippen molar-refractivity contribution in [2.45, 2.75) is 76.4 Å². The van der Waals surface area contributed by atoms with Crippen molar-refractivity contribution in [1.29, 1.82) is 0 Å². The summed E-state index contributed by atoms with van der Waals surface area (Å²) in [6, 6.07) is 0. The van der Waals surface area contributed by atoms with E-state index in [1.807, 2.05) is 0 Å². The molecule has 0 spiro atoms. The summed E-state index contributed by atoms with van der Waals surface area (Å²) in [5.74, 6) is -0.0297. The fourth-order valence-corrected chi connectivity index (χ4v) is 2.61. The minimum absolute atomic E-state index is 0.0297. The molecule has 0 heterocycles. The lowest BCUT2D eigenvalue weighted by molar-refractivity contribution is -0.112. The molecule has 100 valence electrons. The molecule has 0 aromatic heterocycles. The minimum Gasteiger partial charge on any atom is -0.393 e. The van der Waals surface area contributed by atoms with Crippen molar-refractivity contribution >= 4 is 6.29 Å². The third-order valence-electron chi connectivity index (χ3n) is 3.67. The average Bonchev–Trinajstić information content (AvgIpc) is 2.31. The Balaban J connectivity index is 2.42. The molecule has 3 heteroatoms. The first-order valence-electron chi connectivity index (χ1n) is 7.03. The molecular formula is C14H26O3. The van der Waals surface area contributed by atoms with E-state index in [9.17, 15) is 15.0 Å². The smallest absolute Gasteiger partial charge is 0.123 e. The number of aliphatic hydroxyl groups is 2. The van der Waals surface area contributed by atoms with Crippen LogP contribution in [-0.4, -0.2) is 28.7 Å². The minimum atomic E-state index is -0.527. The Morgan fingerprint density at radius 3 is 2.00 bits per heavy atom. The molecule has 17 heavy (non-hydrogen) atoms. The molecule has 0 saturated heterocycles. The SMILES string of the molecule is O=CC1CCCCCCCCC(O)CC(O)C1. The van der Waals surface area contributed by atoms with E-state index in [4.69, 9.17) is 0 Å². The number of rotatable bonds is 1. The molecule has 0 amide bonds. The van der Waals surface area contributed by atoms with E-state index >= 15 is 0 Å². The second-order valence-electron chi connectivity index (χ2n) is 5.37. The van der Waals surface area contributed by atoms with Crippen molar-refractivity contribution in [2.75, 3.05) is 0 Å². The van der Waals surface area contributed by atoms with Crippen LogP contribution in [0.2, 0.25) is 0 Å². The second kappa shape index (κ2) is 8.65. The zero-order valence-corrected chi connectivity index (χ0v) is 10.7. The van der Waals surface area contributed by atoms with Crippen molar-refractivity contribution in [1.82, 2.24) is 0 Å². The lowest BCUT2D eigenvalue weighted by Crippen LogP contribution is -2.21. The molecule has 1 fully saturated rings. The lowest BCUT2D eigenvalue weighted by atomic mass is 9.94. The molecule has 3 unspecified atom stereocenters. The molecule has 1 saturated carbocycles. The number of carbonyl (C=O) groups is 1. The first-order valence-corrected chi connectivity index (χ1v) is 7.03. The summed E-state index contributed by atoms with van der Waals surface area (Å²) in [6.45, 7) is 0. The number of aliphatic hydroxyl groups excluding tert-OH is 2. The van der Waals surface area contributed by atoms with Gasteiger partial charge in [-0.1, -0.05) is 38.5 Å². The molecule has 1 aliphatic rings. The van der Waals surface area contributed by atoms with Crippen LogP contribution in [0, 0.1) is 5.92 Å². The molecular weight excluding hydrogens is 216 g/mol. The van der Waals surface area contributed by atoms with Gasteiger partial charge < -0.3 is 15.0 Å². The van der Waals surface area contributed by atoms with E-state index in [1.165, 1.54) is 25.7 Å². The van der Waals surface area contributed by atoms with Gasteiger partial charge in [-0.3, -0.25) is 0 Å². The van der Waals surface area contributed by atoms with Crippen LogP contribution in [-0.2, 0) is 4.79 Å². The van der Waals surface area contributed by atoms with Gasteiger partial charge >= 0.3 is 0 Å². The fraction of sp³-hybridized carbons (Fsp3) is 0.929. The Morgan fingerprint density at radius 1 is 0.765 bits per heavy atom. The van der Waals surface area contributed by atoms with E-state index in [-0.39, 0.29) is 5.92 Å². The largest absolute Gasteiger partial charge is 0.393 e. The molecule has 1 rings (SSSR count). The molecule has 0 aromatic rings. The number of hydrogen-bond acceptors (Lipinski definition) is 3. The number of carbonyl (C=O) groups excluding carboxylic acids is 1. The van der Waals surface area contributed by atoms with Gasteiger partial charge in [-0.05, 0) is 25.7 Å². The molecule has 1 aliphatic carbocycles. The quantitative estimate of drug-likeness (QED) is 0.694.